The summed E-state index contributed by atoms with van der Waals surface area (Å²) in [4.78, 5) is 5.58. The standard InChI is InChI=1S/C16H16FN3S/c1-11-5-6-12(17)10-13(11)19-15(14-4-3-9-21-14)16-18-7-8-20(16)2/h3-10,15,19H,1-2H3. The van der Waals surface area contributed by atoms with Crippen LogP contribution >= 0.6 is 11.3 Å². The third-order valence-corrected chi connectivity index (χ3v) is 4.38. The lowest BCUT2D eigenvalue weighted by atomic mass is 10.1. The molecule has 5 heteroatoms. The Morgan fingerprint density at radius 3 is 2.86 bits per heavy atom. The number of nitrogens with zero attached hydrogens (tertiary/aromatic N) is 2. The van der Waals surface area contributed by atoms with E-state index in [-0.39, 0.29) is 11.9 Å². The Balaban J connectivity index is 2.01. The molecule has 0 saturated heterocycles. The fourth-order valence-electron chi connectivity index (χ4n) is 2.28. The number of benzene rings is 1. The maximum Gasteiger partial charge on any atom is 0.136 e. The Hall–Kier alpha value is -2.14. The molecule has 1 atom stereocenters. The number of thiophene rings is 1. The fourth-order valence-corrected chi connectivity index (χ4v) is 3.05. The zero-order valence-corrected chi connectivity index (χ0v) is 12.7. The number of rotatable bonds is 4. The van der Waals surface area contributed by atoms with Crippen molar-refractivity contribution in [1.29, 1.82) is 0 Å². The average Bonchev–Trinajstić information content (AvgIpc) is 3.11. The monoisotopic (exact) mass is 301 g/mol. The third kappa shape index (κ3) is 2.83. The smallest absolute Gasteiger partial charge is 0.136 e. The van der Waals surface area contributed by atoms with Crippen molar-refractivity contribution >= 4 is 17.0 Å². The van der Waals surface area contributed by atoms with Crippen LogP contribution in [0, 0.1) is 12.7 Å². The van der Waals surface area contributed by atoms with E-state index < -0.39 is 0 Å². The summed E-state index contributed by atoms with van der Waals surface area (Å²) in [6.07, 6.45) is 3.69. The number of hydrogen-bond donors (Lipinski definition) is 1. The van der Waals surface area contributed by atoms with E-state index in [1.165, 1.54) is 12.1 Å². The molecule has 0 radical (unpaired) electrons. The zero-order chi connectivity index (χ0) is 14.8. The van der Waals surface area contributed by atoms with E-state index in [0.29, 0.717) is 0 Å². The molecule has 3 nitrogen and oxygen atoms in total. The summed E-state index contributed by atoms with van der Waals surface area (Å²) in [7, 11) is 1.96. The molecule has 0 aliphatic heterocycles. The van der Waals surface area contributed by atoms with Crippen LogP contribution in [-0.2, 0) is 7.05 Å². The van der Waals surface area contributed by atoms with Crippen molar-refractivity contribution < 1.29 is 4.39 Å². The lowest BCUT2D eigenvalue weighted by molar-refractivity contribution is 0.627. The minimum atomic E-state index is -0.243. The van der Waals surface area contributed by atoms with Gasteiger partial charge in [-0.05, 0) is 36.1 Å². The Kier molecular flexibility index (Phi) is 3.75. The van der Waals surface area contributed by atoms with Crippen LogP contribution in [0.1, 0.15) is 22.3 Å². The van der Waals surface area contributed by atoms with Crippen LogP contribution in [0.5, 0.6) is 0 Å². The molecule has 1 aromatic carbocycles. The van der Waals surface area contributed by atoms with E-state index in [2.05, 4.69) is 16.4 Å². The lowest BCUT2D eigenvalue weighted by Crippen LogP contribution is -2.16. The van der Waals surface area contributed by atoms with Crippen molar-refractivity contribution in [3.63, 3.8) is 0 Å². The molecule has 2 heterocycles. The molecule has 1 unspecified atom stereocenters. The lowest BCUT2D eigenvalue weighted by Gasteiger charge is -2.20. The van der Waals surface area contributed by atoms with Crippen LogP contribution in [0.2, 0.25) is 0 Å². The number of imidazole rings is 1. The number of aromatic nitrogens is 2. The van der Waals surface area contributed by atoms with Gasteiger partial charge in [0.15, 0.2) is 0 Å². The van der Waals surface area contributed by atoms with E-state index in [4.69, 9.17) is 0 Å². The van der Waals surface area contributed by atoms with Crippen molar-refractivity contribution in [2.75, 3.05) is 5.32 Å². The molecule has 21 heavy (non-hydrogen) atoms. The average molecular weight is 301 g/mol. The Morgan fingerprint density at radius 2 is 2.19 bits per heavy atom. The second-order valence-electron chi connectivity index (χ2n) is 4.95. The number of halogens is 1. The summed E-state index contributed by atoms with van der Waals surface area (Å²) < 4.78 is 15.5. The summed E-state index contributed by atoms with van der Waals surface area (Å²) >= 11 is 1.66. The van der Waals surface area contributed by atoms with Gasteiger partial charge in [0.1, 0.15) is 17.7 Å². The Labute approximate surface area is 127 Å². The predicted octanol–water partition coefficient (Wildman–Crippen LogP) is 4.13. The van der Waals surface area contributed by atoms with Crippen LogP contribution < -0.4 is 5.32 Å². The first-order valence-corrected chi connectivity index (χ1v) is 7.56. The first-order valence-electron chi connectivity index (χ1n) is 6.68. The summed E-state index contributed by atoms with van der Waals surface area (Å²) in [6, 6.07) is 8.76. The predicted molar refractivity (Wildman–Crippen MR) is 84.1 cm³/mol. The Morgan fingerprint density at radius 1 is 1.33 bits per heavy atom. The van der Waals surface area contributed by atoms with Gasteiger partial charge in [-0.3, -0.25) is 0 Å². The molecule has 3 aromatic rings. The van der Waals surface area contributed by atoms with Crippen molar-refractivity contribution in [3.05, 3.63) is 70.2 Å². The highest BCUT2D eigenvalue weighted by Gasteiger charge is 2.20. The molecule has 2 aromatic heterocycles. The van der Waals surface area contributed by atoms with Crippen molar-refractivity contribution in [1.82, 2.24) is 9.55 Å². The largest absolute Gasteiger partial charge is 0.371 e. The van der Waals surface area contributed by atoms with Crippen LogP contribution in [0.4, 0.5) is 10.1 Å². The minimum absolute atomic E-state index is 0.0921. The summed E-state index contributed by atoms with van der Waals surface area (Å²) in [6.45, 7) is 1.96. The van der Waals surface area contributed by atoms with Gasteiger partial charge in [-0.2, -0.15) is 0 Å². The highest BCUT2D eigenvalue weighted by molar-refractivity contribution is 7.10. The quantitative estimate of drug-likeness (QED) is 0.785. The van der Waals surface area contributed by atoms with Gasteiger partial charge < -0.3 is 9.88 Å². The fraction of sp³-hybridized carbons (Fsp3) is 0.188. The first kappa shape index (κ1) is 13.8. The molecule has 3 rings (SSSR count). The van der Waals surface area contributed by atoms with E-state index >= 15 is 0 Å². The maximum atomic E-state index is 13.5. The normalized spacial score (nSPS) is 12.3. The molecule has 0 aliphatic carbocycles. The SMILES string of the molecule is Cc1ccc(F)cc1NC(c1cccs1)c1nccn1C. The second kappa shape index (κ2) is 5.69. The highest BCUT2D eigenvalue weighted by atomic mass is 32.1. The maximum absolute atomic E-state index is 13.5. The molecular weight excluding hydrogens is 285 g/mol. The van der Waals surface area contributed by atoms with Crippen LogP contribution in [-0.4, -0.2) is 9.55 Å². The van der Waals surface area contributed by atoms with E-state index in [0.717, 1.165) is 22.0 Å². The summed E-state index contributed by atoms with van der Waals surface area (Å²) in [5.74, 6) is 0.661. The van der Waals surface area contributed by atoms with Crippen molar-refractivity contribution in [2.24, 2.45) is 7.05 Å². The molecular formula is C16H16FN3S. The highest BCUT2D eigenvalue weighted by Crippen LogP contribution is 2.30. The molecule has 0 spiro atoms. The number of anilines is 1. The van der Waals surface area contributed by atoms with Gasteiger partial charge >= 0.3 is 0 Å². The van der Waals surface area contributed by atoms with Crippen molar-refractivity contribution in [2.45, 2.75) is 13.0 Å². The number of hydrogen-bond acceptors (Lipinski definition) is 3. The molecule has 0 saturated carbocycles. The summed E-state index contributed by atoms with van der Waals surface area (Å²) in [5.41, 5.74) is 1.79. The van der Waals surface area contributed by atoms with E-state index in [1.807, 2.05) is 36.2 Å². The second-order valence-corrected chi connectivity index (χ2v) is 5.93. The molecule has 0 aliphatic rings. The number of aryl methyl sites for hydroxylation is 2. The van der Waals surface area contributed by atoms with Crippen molar-refractivity contribution in [3.8, 4) is 0 Å². The van der Waals surface area contributed by atoms with Gasteiger partial charge in [0.05, 0.1) is 0 Å². The van der Waals surface area contributed by atoms with Crippen LogP contribution in [0.15, 0.2) is 48.1 Å². The van der Waals surface area contributed by atoms with Gasteiger partial charge in [0, 0.05) is 30.0 Å². The molecule has 0 amide bonds. The van der Waals surface area contributed by atoms with Gasteiger partial charge in [-0.15, -0.1) is 11.3 Å². The topological polar surface area (TPSA) is 29.9 Å². The van der Waals surface area contributed by atoms with Gasteiger partial charge in [-0.25, -0.2) is 9.37 Å². The molecule has 0 bridgehead atoms. The molecule has 1 N–H and O–H groups in total. The van der Waals surface area contributed by atoms with Crippen LogP contribution in [0.25, 0.3) is 0 Å². The van der Waals surface area contributed by atoms with E-state index in [9.17, 15) is 4.39 Å². The van der Waals surface area contributed by atoms with Gasteiger partial charge in [0.25, 0.3) is 0 Å². The summed E-state index contributed by atoms with van der Waals surface area (Å²) in [5, 5.41) is 5.45. The van der Waals surface area contributed by atoms with Gasteiger partial charge in [-0.1, -0.05) is 12.1 Å². The number of nitrogens with one attached hydrogen (secondary N) is 1. The van der Waals surface area contributed by atoms with Crippen LogP contribution in [0.3, 0.4) is 0 Å². The minimum Gasteiger partial charge on any atom is -0.371 e. The zero-order valence-electron chi connectivity index (χ0n) is 11.9. The third-order valence-electron chi connectivity index (χ3n) is 3.44. The van der Waals surface area contributed by atoms with Gasteiger partial charge in [0.2, 0.25) is 0 Å². The Bertz CT molecular complexity index is 734. The molecule has 0 fully saturated rings. The van der Waals surface area contributed by atoms with E-state index in [1.54, 1.807) is 23.6 Å². The first-order chi connectivity index (χ1) is 10.1. The molecule has 108 valence electrons.